The number of rotatable bonds is 5. The van der Waals surface area contributed by atoms with E-state index in [9.17, 15) is 9.59 Å². The van der Waals surface area contributed by atoms with E-state index in [1.165, 1.54) is 6.20 Å². The number of fused-ring (bicyclic) bond motifs is 3. The van der Waals surface area contributed by atoms with Crippen LogP contribution in [-0.4, -0.2) is 59.3 Å². The number of aromatic nitrogens is 2. The SMILES string of the molecule is COCC1CCCN1C(=O)c1cc(Nc2ccc3c(c2)c2c(c(=O)n3C)OCC[C@H](C)N2)c(Cl)cn1. The topological polar surface area (TPSA) is 97.7 Å². The summed E-state index contributed by atoms with van der Waals surface area (Å²) in [5.41, 5.74) is 2.96. The van der Waals surface area contributed by atoms with Gasteiger partial charge in [0.1, 0.15) is 5.69 Å². The molecule has 2 aromatic heterocycles. The Kier molecular flexibility index (Phi) is 6.77. The molecule has 0 saturated carbocycles. The average Bonchev–Trinajstić information content (AvgIpc) is 3.24. The van der Waals surface area contributed by atoms with Crippen LogP contribution in [0.15, 0.2) is 35.3 Å². The van der Waals surface area contributed by atoms with Crippen molar-refractivity contribution in [1.82, 2.24) is 14.5 Å². The second-order valence-electron chi connectivity index (χ2n) is 9.41. The number of pyridine rings is 2. The van der Waals surface area contributed by atoms with Crippen LogP contribution >= 0.6 is 11.6 Å². The molecule has 9 nitrogen and oxygen atoms in total. The van der Waals surface area contributed by atoms with E-state index in [1.807, 2.05) is 23.1 Å². The second kappa shape index (κ2) is 9.99. The molecule has 1 aromatic carbocycles. The molecule has 190 valence electrons. The molecule has 0 bridgehead atoms. The zero-order valence-corrected chi connectivity index (χ0v) is 21.4. The molecular formula is C26H30ClN5O4. The molecule has 0 radical (unpaired) electrons. The van der Waals surface area contributed by atoms with Gasteiger partial charge in [-0.1, -0.05) is 11.6 Å². The van der Waals surface area contributed by atoms with Crippen molar-refractivity contribution in [2.75, 3.05) is 37.5 Å². The molecule has 36 heavy (non-hydrogen) atoms. The van der Waals surface area contributed by atoms with E-state index >= 15 is 0 Å². The number of nitrogens with one attached hydrogen (secondary N) is 2. The van der Waals surface area contributed by atoms with Crippen LogP contribution in [0.1, 0.15) is 36.7 Å². The Balaban J connectivity index is 1.49. The maximum absolute atomic E-state index is 13.2. The number of ether oxygens (including phenoxy) is 2. The van der Waals surface area contributed by atoms with Gasteiger partial charge >= 0.3 is 0 Å². The third-order valence-corrected chi connectivity index (χ3v) is 7.19. The first-order valence-corrected chi connectivity index (χ1v) is 12.5. The van der Waals surface area contributed by atoms with Gasteiger partial charge in [0.05, 0.1) is 41.2 Å². The van der Waals surface area contributed by atoms with Crippen LogP contribution in [0, 0.1) is 0 Å². The number of carbonyl (C=O) groups excluding carboxylic acids is 1. The fraction of sp³-hybridized carbons (Fsp3) is 0.423. The lowest BCUT2D eigenvalue weighted by atomic mass is 10.1. The van der Waals surface area contributed by atoms with Gasteiger partial charge in [-0.05, 0) is 44.0 Å². The quantitative estimate of drug-likeness (QED) is 0.530. The van der Waals surface area contributed by atoms with E-state index in [1.54, 1.807) is 24.8 Å². The molecule has 1 saturated heterocycles. The van der Waals surface area contributed by atoms with E-state index < -0.39 is 0 Å². The third-order valence-electron chi connectivity index (χ3n) is 6.89. The molecule has 1 amide bonds. The molecule has 2 atom stereocenters. The van der Waals surface area contributed by atoms with Crippen molar-refractivity contribution in [2.24, 2.45) is 7.05 Å². The second-order valence-corrected chi connectivity index (χ2v) is 9.81. The van der Waals surface area contributed by atoms with Gasteiger partial charge in [0.2, 0.25) is 5.75 Å². The minimum Gasteiger partial charge on any atom is -0.486 e. The van der Waals surface area contributed by atoms with E-state index in [0.29, 0.717) is 47.6 Å². The van der Waals surface area contributed by atoms with Crippen molar-refractivity contribution >= 4 is 45.5 Å². The Morgan fingerprint density at radius 2 is 2.17 bits per heavy atom. The maximum atomic E-state index is 13.2. The lowest BCUT2D eigenvalue weighted by Crippen LogP contribution is -2.38. The Bertz CT molecular complexity index is 1370. The summed E-state index contributed by atoms with van der Waals surface area (Å²) in [5.74, 6) is 0.195. The van der Waals surface area contributed by atoms with Crippen molar-refractivity contribution in [3.63, 3.8) is 0 Å². The zero-order valence-electron chi connectivity index (χ0n) is 20.6. The average molecular weight is 512 g/mol. The van der Waals surface area contributed by atoms with Gasteiger partial charge in [-0.15, -0.1) is 0 Å². The number of halogens is 1. The zero-order chi connectivity index (χ0) is 25.4. The highest BCUT2D eigenvalue weighted by atomic mass is 35.5. The van der Waals surface area contributed by atoms with Gasteiger partial charge < -0.3 is 29.6 Å². The first kappa shape index (κ1) is 24.4. The Labute approximate surface area is 214 Å². The van der Waals surface area contributed by atoms with Crippen molar-refractivity contribution in [3.05, 3.63) is 51.5 Å². The molecule has 0 aliphatic carbocycles. The molecule has 2 N–H and O–H groups in total. The summed E-state index contributed by atoms with van der Waals surface area (Å²) >= 11 is 6.46. The number of hydrogen-bond donors (Lipinski definition) is 2. The smallest absolute Gasteiger partial charge is 0.295 e. The molecular weight excluding hydrogens is 482 g/mol. The molecule has 2 aliphatic heterocycles. The molecule has 4 heterocycles. The van der Waals surface area contributed by atoms with Gasteiger partial charge in [-0.25, -0.2) is 4.98 Å². The highest BCUT2D eigenvalue weighted by Gasteiger charge is 2.30. The number of benzene rings is 1. The fourth-order valence-electron chi connectivity index (χ4n) is 4.95. The molecule has 2 aliphatic rings. The van der Waals surface area contributed by atoms with E-state index in [0.717, 1.165) is 35.9 Å². The number of carbonyl (C=O) groups is 1. The largest absolute Gasteiger partial charge is 0.486 e. The molecule has 5 rings (SSSR count). The number of anilines is 3. The van der Waals surface area contributed by atoms with Crippen molar-refractivity contribution < 1.29 is 14.3 Å². The summed E-state index contributed by atoms with van der Waals surface area (Å²) in [4.78, 5) is 32.2. The van der Waals surface area contributed by atoms with Crippen LogP contribution in [-0.2, 0) is 11.8 Å². The Morgan fingerprint density at radius 1 is 1.33 bits per heavy atom. The van der Waals surface area contributed by atoms with Crippen molar-refractivity contribution in [3.8, 4) is 5.75 Å². The first-order valence-electron chi connectivity index (χ1n) is 12.2. The molecule has 10 heteroatoms. The van der Waals surface area contributed by atoms with E-state index in [4.69, 9.17) is 21.1 Å². The fourth-order valence-corrected chi connectivity index (χ4v) is 5.10. The summed E-state index contributed by atoms with van der Waals surface area (Å²) in [5, 5.41) is 8.03. The highest BCUT2D eigenvalue weighted by molar-refractivity contribution is 6.33. The molecule has 1 fully saturated rings. The van der Waals surface area contributed by atoms with Gasteiger partial charge in [0.25, 0.3) is 11.5 Å². The predicted octanol–water partition coefficient (Wildman–Crippen LogP) is 4.16. The number of hydrogen-bond acceptors (Lipinski definition) is 7. The van der Waals surface area contributed by atoms with Gasteiger partial charge in [0, 0.05) is 50.4 Å². The van der Waals surface area contributed by atoms with Crippen molar-refractivity contribution in [2.45, 2.75) is 38.3 Å². The van der Waals surface area contributed by atoms with Crippen LogP contribution < -0.4 is 20.9 Å². The van der Waals surface area contributed by atoms with Crippen LogP contribution in [0.3, 0.4) is 0 Å². The first-order chi connectivity index (χ1) is 17.4. The van der Waals surface area contributed by atoms with Gasteiger partial charge in [0.15, 0.2) is 0 Å². The predicted molar refractivity (Wildman–Crippen MR) is 141 cm³/mol. The van der Waals surface area contributed by atoms with Crippen LogP contribution in [0.2, 0.25) is 5.02 Å². The lowest BCUT2D eigenvalue weighted by molar-refractivity contribution is 0.0625. The standard InChI is InChI=1S/C26H30ClN5O4/c1-15-8-10-36-24-23(29-15)18-11-16(6-7-22(18)31(2)26(24)34)30-20-12-21(28-13-19(20)27)25(33)32-9-4-5-17(32)14-35-3/h6-7,11-13,15,17,29H,4-5,8-10,14H2,1-3H3,(H,28,30)/t15-,17?/m0/s1. The summed E-state index contributed by atoms with van der Waals surface area (Å²) in [7, 11) is 3.38. The minimum atomic E-state index is -0.172. The number of aryl methyl sites for hydroxylation is 1. The van der Waals surface area contributed by atoms with E-state index in [2.05, 4.69) is 22.5 Å². The number of nitrogens with zero attached hydrogens (tertiary/aromatic N) is 3. The summed E-state index contributed by atoms with van der Waals surface area (Å²) < 4.78 is 12.7. The van der Waals surface area contributed by atoms with Gasteiger partial charge in [-0.3, -0.25) is 9.59 Å². The van der Waals surface area contributed by atoms with Gasteiger partial charge in [-0.2, -0.15) is 0 Å². The van der Waals surface area contributed by atoms with E-state index in [-0.39, 0.29) is 23.6 Å². The number of amides is 1. The van der Waals surface area contributed by atoms with Crippen LogP contribution in [0.5, 0.6) is 5.75 Å². The lowest BCUT2D eigenvalue weighted by Gasteiger charge is -2.24. The minimum absolute atomic E-state index is 0.0517. The normalized spacial score (nSPS) is 19.4. The van der Waals surface area contributed by atoms with Crippen molar-refractivity contribution in [1.29, 1.82) is 0 Å². The monoisotopic (exact) mass is 511 g/mol. The molecule has 1 unspecified atom stereocenters. The highest BCUT2D eigenvalue weighted by Crippen LogP contribution is 2.35. The summed E-state index contributed by atoms with van der Waals surface area (Å²) in [6, 6.07) is 7.61. The molecule has 3 aromatic rings. The van der Waals surface area contributed by atoms with Crippen LogP contribution in [0.4, 0.5) is 17.1 Å². The third kappa shape index (κ3) is 4.49. The summed E-state index contributed by atoms with van der Waals surface area (Å²) in [6.45, 7) is 3.73. The maximum Gasteiger partial charge on any atom is 0.295 e. The Morgan fingerprint density at radius 3 is 2.97 bits per heavy atom. The number of likely N-dealkylation sites (tertiary alicyclic amines) is 1. The van der Waals surface area contributed by atoms with Crippen LogP contribution in [0.25, 0.3) is 10.9 Å². The molecule has 0 spiro atoms. The number of methoxy groups -OCH3 is 1. The Hall–Kier alpha value is -3.30. The summed E-state index contributed by atoms with van der Waals surface area (Å²) in [6.07, 6.45) is 4.15.